The van der Waals surface area contributed by atoms with Gasteiger partial charge in [0.2, 0.25) is 11.8 Å². The molecule has 2 heterocycles. The van der Waals surface area contributed by atoms with E-state index in [1.165, 1.54) is 0 Å². The second-order valence-electron chi connectivity index (χ2n) is 5.29. The Morgan fingerprint density at radius 3 is 2.90 bits per heavy atom. The summed E-state index contributed by atoms with van der Waals surface area (Å²) in [4.78, 5) is 15.7. The number of likely N-dealkylation sites (tertiary alicyclic amines) is 1. The topological polar surface area (TPSA) is 58.6 Å². The van der Waals surface area contributed by atoms with Gasteiger partial charge in [-0.2, -0.15) is 0 Å². The molecule has 1 aromatic rings. The lowest BCUT2D eigenvalue weighted by Gasteiger charge is -2.17. The van der Waals surface area contributed by atoms with E-state index in [-0.39, 0.29) is 12.0 Å². The summed E-state index contributed by atoms with van der Waals surface area (Å²) in [6.45, 7) is 1.40. The Balaban J connectivity index is 1.83. The normalized spacial score (nSPS) is 17.9. The first-order valence-corrected chi connectivity index (χ1v) is 8.23. The van der Waals surface area contributed by atoms with E-state index in [0.29, 0.717) is 18.8 Å². The van der Waals surface area contributed by atoms with Gasteiger partial charge in [-0.1, -0.05) is 15.9 Å². The Bertz CT molecular complexity index is 467. The van der Waals surface area contributed by atoms with Gasteiger partial charge in [0.1, 0.15) is 6.10 Å². The van der Waals surface area contributed by atoms with Crippen molar-refractivity contribution in [1.82, 2.24) is 15.1 Å². The van der Waals surface area contributed by atoms with Crippen LogP contribution >= 0.6 is 15.9 Å². The van der Waals surface area contributed by atoms with Crippen LogP contribution in [-0.4, -0.2) is 59.6 Å². The number of halogens is 1. The Kier molecular flexibility index (Phi) is 5.78. The van der Waals surface area contributed by atoms with Crippen LogP contribution in [0.15, 0.2) is 12.1 Å². The molecular weight excluding hydrogens is 336 g/mol. The van der Waals surface area contributed by atoms with Crippen molar-refractivity contribution in [3.05, 3.63) is 12.1 Å². The van der Waals surface area contributed by atoms with Crippen molar-refractivity contribution in [2.24, 2.45) is 0 Å². The van der Waals surface area contributed by atoms with Gasteiger partial charge in [-0.3, -0.25) is 4.79 Å². The van der Waals surface area contributed by atoms with Crippen molar-refractivity contribution >= 4 is 27.7 Å². The van der Waals surface area contributed by atoms with Gasteiger partial charge in [-0.05, 0) is 12.5 Å². The molecule has 1 fully saturated rings. The standard InChI is InChI=1S/C14H21BrN4O2/c1-18(2)12-5-6-13(17-16-12)21-11-7-9-19(10-11)14(20)4-3-8-15/h5-6,11H,3-4,7-10H2,1-2H3. The van der Waals surface area contributed by atoms with E-state index in [1.54, 1.807) is 0 Å². The fourth-order valence-corrected chi connectivity index (χ4v) is 2.49. The molecule has 2 rings (SSSR count). The highest BCUT2D eigenvalue weighted by Crippen LogP contribution is 2.18. The van der Waals surface area contributed by atoms with E-state index in [0.717, 1.165) is 30.5 Å². The Labute approximate surface area is 133 Å². The van der Waals surface area contributed by atoms with Gasteiger partial charge in [-0.15, -0.1) is 10.2 Å². The van der Waals surface area contributed by atoms with Crippen LogP contribution in [0.2, 0.25) is 0 Å². The SMILES string of the molecule is CN(C)c1ccc(OC2CCN(C(=O)CCCBr)C2)nn1. The number of nitrogens with zero attached hydrogens (tertiary/aromatic N) is 4. The summed E-state index contributed by atoms with van der Waals surface area (Å²) in [5.41, 5.74) is 0. The van der Waals surface area contributed by atoms with E-state index in [9.17, 15) is 4.79 Å². The van der Waals surface area contributed by atoms with Crippen LogP contribution in [0.3, 0.4) is 0 Å². The number of carbonyl (C=O) groups excluding carboxylic acids is 1. The minimum atomic E-state index is 0.0115. The summed E-state index contributed by atoms with van der Waals surface area (Å²) >= 11 is 3.34. The highest BCUT2D eigenvalue weighted by atomic mass is 79.9. The third-order valence-electron chi connectivity index (χ3n) is 3.39. The molecule has 0 spiro atoms. The lowest BCUT2D eigenvalue weighted by molar-refractivity contribution is -0.130. The molecule has 0 aliphatic carbocycles. The lowest BCUT2D eigenvalue weighted by atomic mass is 10.3. The largest absolute Gasteiger partial charge is 0.471 e. The predicted molar refractivity (Wildman–Crippen MR) is 85.0 cm³/mol. The fourth-order valence-electron chi connectivity index (χ4n) is 2.21. The van der Waals surface area contributed by atoms with Gasteiger partial charge >= 0.3 is 0 Å². The number of ether oxygens (including phenoxy) is 1. The van der Waals surface area contributed by atoms with Crippen LogP contribution in [0.4, 0.5) is 5.82 Å². The minimum absolute atomic E-state index is 0.0115. The molecule has 1 aliphatic heterocycles. The Morgan fingerprint density at radius 1 is 1.48 bits per heavy atom. The number of amides is 1. The maximum Gasteiger partial charge on any atom is 0.233 e. The summed E-state index contributed by atoms with van der Waals surface area (Å²) in [6, 6.07) is 3.69. The number of hydrogen-bond acceptors (Lipinski definition) is 5. The van der Waals surface area contributed by atoms with Gasteiger partial charge in [0, 0.05) is 44.9 Å². The predicted octanol–water partition coefficient (Wildman–Crippen LogP) is 1.70. The zero-order valence-electron chi connectivity index (χ0n) is 12.5. The molecule has 7 heteroatoms. The number of aromatic nitrogens is 2. The Hall–Kier alpha value is -1.37. The smallest absolute Gasteiger partial charge is 0.233 e. The third kappa shape index (κ3) is 4.56. The van der Waals surface area contributed by atoms with Crippen LogP contribution in [0, 0.1) is 0 Å². The zero-order valence-corrected chi connectivity index (χ0v) is 14.0. The molecular formula is C14H21BrN4O2. The van der Waals surface area contributed by atoms with E-state index >= 15 is 0 Å². The average molecular weight is 357 g/mol. The van der Waals surface area contributed by atoms with Gasteiger partial charge in [0.05, 0.1) is 6.54 Å². The summed E-state index contributed by atoms with van der Waals surface area (Å²) in [5.74, 6) is 1.51. The van der Waals surface area contributed by atoms with Crippen molar-refractivity contribution in [1.29, 1.82) is 0 Å². The molecule has 1 saturated heterocycles. The number of alkyl halides is 1. The molecule has 0 N–H and O–H groups in total. The van der Waals surface area contributed by atoms with Crippen molar-refractivity contribution in [2.75, 3.05) is 37.4 Å². The van der Waals surface area contributed by atoms with Crippen LogP contribution in [0.1, 0.15) is 19.3 Å². The first-order valence-electron chi connectivity index (χ1n) is 7.11. The second-order valence-corrected chi connectivity index (χ2v) is 6.08. The maximum atomic E-state index is 11.9. The summed E-state index contributed by atoms with van der Waals surface area (Å²) in [7, 11) is 3.83. The fraction of sp³-hybridized carbons (Fsp3) is 0.643. The van der Waals surface area contributed by atoms with Gasteiger partial charge in [0.25, 0.3) is 0 Å². The number of hydrogen-bond donors (Lipinski definition) is 0. The molecule has 0 radical (unpaired) electrons. The first kappa shape index (κ1) is 16.0. The van der Waals surface area contributed by atoms with Gasteiger partial charge in [-0.25, -0.2) is 0 Å². The molecule has 116 valence electrons. The minimum Gasteiger partial charge on any atom is -0.471 e. The highest BCUT2D eigenvalue weighted by Gasteiger charge is 2.27. The summed E-state index contributed by atoms with van der Waals surface area (Å²) in [5, 5.41) is 9.00. The van der Waals surface area contributed by atoms with Crippen molar-refractivity contribution < 1.29 is 9.53 Å². The molecule has 0 saturated carbocycles. The van der Waals surface area contributed by atoms with Gasteiger partial charge < -0.3 is 14.5 Å². The molecule has 1 unspecified atom stereocenters. The molecule has 21 heavy (non-hydrogen) atoms. The van der Waals surface area contributed by atoms with Crippen LogP contribution in [0.5, 0.6) is 5.88 Å². The first-order chi connectivity index (χ1) is 10.1. The van der Waals surface area contributed by atoms with E-state index in [4.69, 9.17) is 4.74 Å². The quantitative estimate of drug-likeness (QED) is 0.726. The molecule has 0 bridgehead atoms. The number of anilines is 1. The molecule has 1 aromatic heterocycles. The van der Waals surface area contributed by atoms with E-state index < -0.39 is 0 Å². The molecule has 6 nitrogen and oxygen atoms in total. The van der Waals surface area contributed by atoms with Crippen LogP contribution in [0.25, 0.3) is 0 Å². The van der Waals surface area contributed by atoms with Crippen molar-refractivity contribution in [3.8, 4) is 5.88 Å². The number of carbonyl (C=O) groups is 1. The summed E-state index contributed by atoms with van der Waals surface area (Å²) in [6.07, 6.45) is 2.32. The lowest BCUT2D eigenvalue weighted by Crippen LogP contribution is -2.30. The Morgan fingerprint density at radius 2 is 2.29 bits per heavy atom. The van der Waals surface area contributed by atoms with E-state index in [2.05, 4.69) is 26.1 Å². The molecule has 1 aliphatic rings. The monoisotopic (exact) mass is 356 g/mol. The van der Waals surface area contributed by atoms with Crippen molar-refractivity contribution in [2.45, 2.75) is 25.4 Å². The molecule has 1 amide bonds. The van der Waals surface area contributed by atoms with E-state index in [1.807, 2.05) is 36.0 Å². The van der Waals surface area contributed by atoms with Crippen LogP contribution in [-0.2, 0) is 4.79 Å². The maximum absolute atomic E-state index is 11.9. The summed E-state index contributed by atoms with van der Waals surface area (Å²) < 4.78 is 5.80. The van der Waals surface area contributed by atoms with Gasteiger partial charge in [0.15, 0.2) is 5.82 Å². The average Bonchev–Trinajstić information content (AvgIpc) is 2.94. The number of rotatable bonds is 6. The second kappa shape index (κ2) is 7.59. The highest BCUT2D eigenvalue weighted by molar-refractivity contribution is 9.09. The van der Waals surface area contributed by atoms with Crippen molar-refractivity contribution in [3.63, 3.8) is 0 Å². The molecule has 1 atom stereocenters. The third-order valence-corrected chi connectivity index (χ3v) is 3.95. The molecule has 0 aromatic carbocycles. The van der Waals surface area contributed by atoms with Crippen LogP contribution < -0.4 is 9.64 Å². The zero-order chi connectivity index (χ0) is 15.2.